The van der Waals surface area contributed by atoms with E-state index >= 15 is 0 Å². The standard InChI is InChI=1S/C12H18.C2F4.Ni/c1-2-4-6-8-10-12-11-9-7-5-3-1;3-1(4)2(5)6;/h1-2,7-10H,3-6,11-12H2;;/b2-1+,9-7+,10-8?;;. The SMILES string of the molecule is C1=CCC/C=C/CC/C=C/CC1.FC(F)=C(F)F.[Ni]. The summed E-state index contributed by atoms with van der Waals surface area (Å²) in [6, 6.07) is 0. The molecule has 0 radical (unpaired) electrons. The predicted octanol–water partition coefficient (Wildman–Crippen LogP) is 6.00. The Morgan fingerprint density at radius 1 is 0.474 bits per heavy atom. The van der Waals surface area contributed by atoms with E-state index < -0.39 is 12.2 Å². The molecule has 0 spiro atoms. The van der Waals surface area contributed by atoms with Crippen molar-refractivity contribution in [3.05, 3.63) is 48.6 Å². The molecule has 0 aromatic carbocycles. The van der Waals surface area contributed by atoms with Crippen LogP contribution >= 0.6 is 0 Å². The summed E-state index contributed by atoms with van der Waals surface area (Å²) in [5, 5.41) is 0. The van der Waals surface area contributed by atoms with Crippen molar-refractivity contribution in [1.82, 2.24) is 0 Å². The van der Waals surface area contributed by atoms with Gasteiger partial charge in [0.1, 0.15) is 0 Å². The molecule has 112 valence electrons. The van der Waals surface area contributed by atoms with Crippen molar-refractivity contribution in [3.8, 4) is 0 Å². The second-order valence-electron chi connectivity index (χ2n) is 3.67. The van der Waals surface area contributed by atoms with E-state index in [1.165, 1.54) is 38.5 Å². The van der Waals surface area contributed by atoms with Gasteiger partial charge in [-0.05, 0) is 38.5 Å². The van der Waals surface area contributed by atoms with Crippen molar-refractivity contribution in [2.75, 3.05) is 0 Å². The first kappa shape index (κ1) is 20.5. The van der Waals surface area contributed by atoms with Crippen molar-refractivity contribution in [3.63, 3.8) is 0 Å². The van der Waals surface area contributed by atoms with E-state index in [0.717, 1.165) is 0 Å². The minimum absolute atomic E-state index is 0. The van der Waals surface area contributed by atoms with Crippen LogP contribution in [0.15, 0.2) is 48.6 Å². The molecule has 0 bridgehead atoms. The van der Waals surface area contributed by atoms with Crippen molar-refractivity contribution >= 4 is 0 Å². The quantitative estimate of drug-likeness (QED) is 0.292. The van der Waals surface area contributed by atoms with Crippen molar-refractivity contribution in [2.45, 2.75) is 38.5 Å². The summed E-state index contributed by atoms with van der Waals surface area (Å²) in [5.41, 5.74) is 0. The van der Waals surface area contributed by atoms with E-state index in [4.69, 9.17) is 0 Å². The monoisotopic (exact) mass is 320 g/mol. The summed E-state index contributed by atoms with van der Waals surface area (Å²) < 4.78 is 41.1. The van der Waals surface area contributed by atoms with Crippen LogP contribution in [0.1, 0.15) is 38.5 Å². The molecule has 0 heterocycles. The van der Waals surface area contributed by atoms with E-state index in [1.54, 1.807) is 0 Å². The third kappa shape index (κ3) is 17.2. The summed E-state index contributed by atoms with van der Waals surface area (Å²) in [6.45, 7) is 0. The van der Waals surface area contributed by atoms with Gasteiger partial charge in [0.15, 0.2) is 0 Å². The first-order chi connectivity index (χ1) is 8.64. The normalized spacial score (nSPS) is 18.5. The molecule has 0 nitrogen and oxygen atoms in total. The van der Waals surface area contributed by atoms with Gasteiger partial charge in [0.2, 0.25) is 0 Å². The van der Waals surface area contributed by atoms with Gasteiger partial charge in [-0.1, -0.05) is 36.5 Å². The van der Waals surface area contributed by atoms with Crippen LogP contribution in [0, 0.1) is 0 Å². The molecule has 0 unspecified atom stereocenters. The van der Waals surface area contributed by atoms with Crippen LogP contribution in [-0.2, 0) is 16.5 Å². The van der Waals surface area contributed by atoms with Gasteiger partial charge >= 0.3 is 12.2 Å². The molecule has 0 atom stereocenters. The summed E-state index contributed by atoms with van der Waals surface area (Å²) in [7, 11) is 0. The summed E-state index contributed by atoms with van der Waals surface area (Å²) in [6.07, 6.45) is 15.2. The maximum absolute atomic E-state index is 10.3. The fourth-order valence-corrected chi connectivity index (χ4v) is 1.28. The van der Waals surface area contributed by atoms with Crippen LogP contribution < -0.4 is 0 Å². The summed E-state index contributed by atoms with van der Waals surface area (Å²) in [4.78, 5) is 0. The molecular formula is C14H18F4Ni. The van der Waals surface area contributed by atoms with Gasteiger partial charge in [-0.25, -0.2) is 0 Å². The Morgan fingerprint density at radius 2 is 0.632 bits per heavy atom. The molecule has 0 saturated heterocycles. The van der Waals surface area contributed by atoms with Crippen LogP contribution in [0.3, 0.4) is 0 Å². The van der Waals surface area contributed by atoms with Crippen LogP contribution in [-0.4, -0.2) is 0 Å². The predicted molar refractivity (Wildman–Crippen MR) is 66.6 cm³/mol. The molecular weight excluding hydrogens is 303 g/mol. The van der Waals surface area contributed by atoms with Crippen LogP contribution in [0.5, 0.6) is 0 Å². The molecule has 0 aliphatic heterocycles. The molecule has 0 aromatic rings. The minimum Gasteiger partial charge on any atom is -0.167 e. The number of hydrogen-bond acceptors (Lipinski definition) is 0. The molecule has 1 rings (SSSR count). The maximum atomic E-state index is 10.3. The van der Waals surface area contributed by atoms with E-state index in [9.17, 15) is 17.6 Å². The summed E-state index contributed by atoms with van der Waals surface area (Å²) >= 11 is 0. The van der Waals surface area contributed by atoms with Gasteiger partial charge in [0, 0.05) is 16.5 Å². The van der Waals surface area contributed by atoms with Crippen LogP contribution in [0.4, 0.5) is 17.6 Å². The first-order valence-electron chi connectivity index (χ1n) is 5.96. The molecule has 0 aromatic heterocycles. The van der Waals surface area contributed by atoms with Crippen molar-refractivity contribution < 1.29 is 34.1 Å². The number of allylic oxidation sites excluding steroid dienone is 6. The van der Waals surface area contributed by atoms with Gasteiger partial charge in [-0.2, -0.15) is 17.6 Å². The molecule has 0 amide bonds. The molecule has 19 heavy (non-hydrogen) atoms. The van der Waals surface area contributed by atoms with Crippen LogP contribution in [0.25, 0.3) is 0 Å². The van der Waals surface area contributed by atoms with Gasteiger partial charge < -0.3 is 0 Å². The zero-order chi connectivity index (χ0) is 13.6. The third-order valence-electron chi connectivity index (χ3n) is 2.14. The topological polar surface area (TPSA) is 0 Å². The molecule has 5 heteroatoms. The Bertz CT molecular complexity index is 250. The smallest absolute Gasteiger partial charge is 0.167 e. The first-order valence-corrected chi connectivity index (χ1v) is 5.96. The molecule has 0 saturated carbocycles. The van der Waals surface area contributed by atoms with Crippen LogP contribution in [0.2, 0.25) is 0 Å². The number of hydrogen-bond donors (Lipinski definition) is 0. The zero-order valence-corrected chi connectivity index (χ0v) is 11.5. The van der Waals surface area contributed by atoms with Gasteiger partial charge in [-0.3, -0.25) is 0 Å². The average Bonchev–Trinajstić information content (AvgIpc) is 2.30. The average molecular weight is 321 g/mol. The third-order valence-corrected chi connectivity index (χ3v) is 2.14. The Balaban J connectivity index is 0. The fraction of sp³-hybridized carbons (Fsp3) is 0.429. The van der Waals surface area contributed by atoms with E-state index in [1.807, 2.05) is 0 Å². The number of halogens is 4. The fourth-order valence-electron chi connectivity index (χ4n) is 1.28. The molecule has 0 N–H and O–H groups in total. The van der Waals surface area contributed by atoms with Gasteiger partial charge in [-0.15, -0.1) is 0 Å². The number of rotatable bonds is 0. The van der Waals surface area contributed by atoms with E-state index in [2.05, 4.69) is 36.5 Å². The van der Waals surface area contributed by atoms with E-state index in [0.29, 0.717) is 0 Å². The molecule has 1 aliphatic rings. The Morgan fingerprint density at radius 3 is 0.737 bits per heavy atom. The maximum Gasteiger partial charge on any atom is 0.334 e. The molecule has 0 fully saturated rings. The Hall–Kier alpha value is -0.826. The largest absolute Gasteiger partial charge is 0.334 e. The minimum atomic E-state index is -2.91. The Kier molecular flexibility index (Phi) is 16.4. The van der Waals surface area contributed by atoms with E-state index in [-0.39, 0.29) is 16.5 Å². The summed E-state index contributed by atoms with van der Waals surface area (Å²) in [5.74, 6) is 0. The van der Waals surface area contributed by atoms with Gasteiger partial charge in [0.05, 0.1) is 0 Å². The van der Waals surface area contributed by atoms with Crippen molar-refractivity contribution in [2.24, 2.45) is 0 Å². The second kappa shape index (κ2) is 15.2. The Labute approximate surface area is 121 Å². The van der Waals surface area contributed by atoms with Gasteiger partial charge in [0.25, 0.3) is 0 Å². The zero-order valence-electron chi connectivity index (χ0n) is 10.5. The molecule has 1 aliphatic carbocycles. The van der Waals surface area contributed by atoms with Crippen molar-refractivity contribution in [1.29, 1.82) is 0 Å². The second-order valence-corrected chi connectivity index (χ2v) is 3.67.